The number of sulfone groups is 1. The van der Waals surface area contributed by atoms with Crippen molar-refractivity contribution in [2.75, 3.05) is 29.9 Å². The molecule has 0 aromatic heterocycles. The molecule has 2 aliphatic rings. The number of benzene rings is 1. The van der Waals surface area contributed by atoms with E-state index in [4.69, 9.17) is 0 Å². The van der Waals surface area contributed by atoms with Gasteiger partial charge in [0.25, 0.3) is 5.91 Å². The number of anilines is 1. The van der Waals surface area contributed by atoms with E-state index in [1.54, 1.807) is 0 Å². The van der Waals surface area contributed by atoms with Gasteiger partial charge in [0.2, 0.25) is 0 Å². The van der Waals surface area contributed by atoms with Crippen LogP contribution in [-0.4, -0.2) is 38.9 Å². The molecular weight excluding hydrogens is 276 g/mol. The van der Waals surface area contributed by atoms with E-state index in [9.17, 15) is 13.2 Å². The molecule has 0 bridgehead atoms. The highest BCUT2D eigenvalue weighted by Crippen LogP contribution is 2.23. The maximum atomic E-state index is 12.1. The normalized spacial score (nSPS) is 23.1. The summed E-state index contributed by atoms with van der Waals surface area (Å²) in [4.78, 5) is 12.1. The van der Waals surface area contributed by atoms with Gasteiger partial charge in [-0.2, -0.15) is 0 Å². The van der Waals surface area contributed by atoms with E-state index < -0.39 is 9.84 Å². The lowest BCUT2D eigenvalue weighted by Gasteiger charge is -2.10. The van der Waals surface area contributed by atoms with Crippen LogP contribution in [-0.2, 0) is 16.3 Å². The monoisotopic (exact) mass is 294 g/mol. The number of fused-ring (bicyclic) bond motifs is 1. The molecule has 1 amide bonds. The van der Waals surface area contributed by atoms with Gasteiger partial charge in [0, 0.05) is 24.3 Å². The Hall–Kier alpha value is -1.56. The van der Waals surface area contributed by atoms with Crippen LogP contribution in [0.25, 0.3) is 0 Å². The van der Waals surface area contributed by atoms with Crippen LogP contribution in [0.1, 0.15) is 22.3 Å². The maximum Gasteiger partial charge on any atom is 0.251 e. The minimum absolute atomic E-state index is 0.0523. The number of amides is 1. The molecule has 6 heteroatoms. The molecule has 1 aromatic rings. The maximum absolute atomic E-state index is 12.1. The van der Waals surface area contributed by atoms with Crippen LogP contribution in [0.15, 0.2) is 18.2 Å². The molecule has 2 heterocycles. The molecule has 0 aliphatic carbocycles. The zero-order valence-electron chi connectivity index (χ0n) is 11.2. The van der Waals surface area contributed by atoms with Crippen LogP contribution in [0, 0.1) is 5.92 Å². The summed E-state index contributed by atoms with van der Waals surface area (Å²) in [6, 6.07) is 5.67. The van der Waals surface area contributed by atoms with Crippen LogP contribution >= 0.6 is 0 Å². The molecule has 0 saturated carbocycles. The highest BCUT2D eigenvalue weighted by Gasteiger charge is 2.28. The smallest absolute Gasteiger partial charge is 0.251 e. The van der Waals surface area contributed by atoms with Crippen LogP contribution in [0.3, 0.4) is 0 Å². The van der Waals surface area contributed by atoms with Crippen LogP contribution in [0.2, 0.25) is 0 Å². The Labute approximate surface area is 118 Å². The van der Waals surface area contributed by atoms with Gasteiger partial charge in [-0.3, -0.25) is 4.79 Å². The average Bonchev–Trinajstić information content (AvgIpc) is 3.01. The second-order valence-electron chi connectivity index (χ2n) is 5.53. The van der Waals surface area contributed by atoms with Crippen molar-refractivity contribution in [3.05, 3.63) is 29.3 Å². The summed E-state index contributed by atoms with van der Waals surface area (Å²) in [6.07, 6.45) is 1.64. The third-order valence-corrected chi connectivity index (χ3v) is 5.80. The number of carbonyl (C=O) groups is 1. The Bertz CT molecular complexity index is 640. The summed E-state index contributed by atoms with van der Waals surface area (Å²) in [6.45, 7) is 1.35. The molecule has 1 saturated heterocycles. The average molecular weight is 294 g/mol. The zero-order chi connectivity index (χ0) is 14.2. The summed E-state index contributed by atoms with van der Waals surface area (Å²) in [5, 5.41) is 6.08. The third kappa shape index (κ3) is 2.80. The fourth-order valence-corrected chi connectivity index (χ4v) is 4.67. The molecule has 1 fully saturated rings. The number of carbonyl (C=O) groups excluding carboxylic acids is 1. The van der Waals surface area contributed by atoms with Crippen molar-refractivity contribution in [3.63, 3.8) is 0 Å². The van der Waals surface area contributed by atoms with Crippen molar-refractivity contribution < 1.29 is 13.2 Å². The summed E-state index contributed by atoms with van der Waals surface area (Å²) >= 11 is 0. The lowest BCUT2D eigenvalue weighted by Crippen LogP contribution is -2.29. The van der Waals surface area contributed by atoms with Gasteiger partial charge in [0.05, 0.1) is 11.5 Å². The number of rotatable bonds is 3. The van der Waals surface area contributed by atoms with Crippen molar-refractivity contribution in [3.8, 4) is 0 Å². The van der Waals surface area contributed by atoms with Gasteiger partial charge in [-0.15, -0.1) is 0 Å². The van der Waals surface area contributed by atoms with E-state index in [2.05, 4.69) is 10.6 Å². The third-order valence-electron chi connectivity index (χ3n) is 3.96. The van der Waals surface area contributed by atoms with Crippen molar-refractivity contribution in [1.29, 1.82) is 0 Å². The molecule has 1 atom stereocenters. The summed E-state index contributed by atoms with van der Waals surface area (Å²) in [7, 11) is -2.88. The van der Waals surface area contributed by atoms with Crippen LogP contribution in [0.4, 0.5) is 5.69 Å². The summed E-state index contributed by atoms with van der Waals surface area (Å²) in [5.41, 5.74) is 2.89. The molecule has 2 N–H and O–H groups in total. The van der Waals surface area contributed by atoms with E-state index in [1.807, 2.05) is 18.2 Å². The molecule has 0 radical (unpaired) electrons. The Morgan fingerprint density at radius 1 is 1.40 bits per heavy atom. The molecule has 5 nitrogen and oxygen atoms in total. The first-order chi connectivity index (χ1) is 9.53. The predicted octanol–water partition coefficient (Wildman–Crippen LogP) is 0.819. The molecule has 1 aromatic carbocycles. The van der Waals surface area contributed by atoms with Gasteiger partial charge in [-0.1, -0.05) is 6.07 Å². The molecule has 108 valence electrons. The van der Waals surface area contributed by atoms with E-state index in [0.29, 0.717) is 18.5 Å². The van der Waals surface area contributed by atoms with Crippen molar-refractivity contribution in [2.24, 2.45) is 5.92 Å². The van der Waals surface area contributed by atoms with Gasteiger partial charge >= 0.3 is 0 Å². The quantitative estimate of drug-likeness (QED) is 0.865. The molecule has 1 unspecified atom stereocenters. The largest absolute Gasteiger partial charge is 0.384 e. The molecule has 3 rings (SSSR count). The van der Waals surface area contributed by atoms with Gasteiger partial charge < -0.3 is 10.6 Å². The SMILES string of the molecule is O=C(NCC1CCS(=O)(=O)C1)c1ccc2c(c1)NCC2. The van der Waals surface area contributed by atoms with Crippen molar-refractivity contribution in [2.45, 2.75) is 12.8 Å². The number of hydrogen-bond acceptors (Lipinski definition) is 4. The Morgan fingerprint density at radius 3 is 3.00 bits per heavy atom. The van der Waals surface area contributed by atoms with Gasteiger partial charge in [0.15, 0.2) is 9.84 Å². The van der Waals surface area contributed by atoms with Gasteiger partial charge in [0.1, 0.15) is 0 Å². The zero-order valence-corrected chi connectivity index (χ0v) is 12.0. The van der Waals surface area contributed by atoms with E-state index in [0.717, 1.165) is 18.7 Å². The fourth-order valence-electron chi connectivity index (χ4n) is 2.80. The summed E-state index contributed by atoms with van der Waals surface area (Å²) < 4.78 is 22.7. The van der Waals surface area contributed by atoms with Gasteiger partial charge in [-0.05, 0) is 36.5 Å². The number of nitrogens with one attached hydrogen (secondary N) is 2. The minimum Gasteiger partial charge on any atom is -0.384 e. The first kappa shape index (κ1) is 13.4. The Kier molecular flexibility index (Phi) is 3.41. The van der Waals surface area contributed by atoms with Crippen LogP contribution < -0.4 is 10.6 Å². The minimum atomic E-state index is -2.88. The second-order valence-corrected chi connectivity index (χ2v) is 7.76. The van der Waals surface area contributed by atoms with Crippen molar-refractivity contribution in [1.82, 2.24) is 5.32 Å². The van der Waals surface area contributed by atoms with E-state index in [1.165, 1.54) is 5.56 Å². The molecule has 0 spiro atoms. The first-order valence-electron chi connectivity index (χ1n) is 6.89. The fraction of sp³-hybridized carbons (Fsp3) is 0.500. The molecule has 20 heavy (non-hydrogen) atoms. The van der Waals surface area contributed by atoms with E-state index in [-0.39, 0.29) is 23.3 Å². The number of hydrogen-bond donors (Lipinski definition) is 2. The molecule has 2 aliphatic heterocycles. The lowest BCUT2D eigenvalue weighted by molar-refractivity contribution is 0.0948. The Morgan fingerprint density at radius 2 is 2.25 bits per heavy atom. The topological polar surface area (TPSA) is 75.3 Å². The van der Waals surface area contributed by atoms with E-state index >= 15 is 0 Å². The lowest BCUT2D eigenvalue weighted by atomic mass is 10.1. The standard InChI is InChI=1S/C14H18N2O3S/c17-14(16-8-10-4-6-20(18,19)9-10)12-2-1-11-3-5-15-13(11)7-12/h1-2,7,10,15H,3-6,8-9H2,(H,16,17). The predicted molar refractivity (Wildman–Crippen MR) is 77.7 cm³/mol. The summed E-state index contributed by atoms with van der Waals surface area (Å²) in [5.74, 6) is 0.359. The highest BCUT2D eigenvalue weighted by atomic mass is 32.2. The Balaban J connectivity index is 1.60. The van der Waals surface area contributed by atoms with Crippen LogP contribution in [0.5, 0.6) is 0 Å². The second kappa shape index (κ2) is 5.09. The van der Waals surface area contributed by atoms with Gasteiger partial charge in [-0.25, -0.2) is 8.42 Å². The van der Waals surface area contributed by atoms with Crippen molar-refractivity contribution >= 4 is 21.4 Å². The first-order valence-corrected chi connectivity index (χ1v) is 8.71. The highest BCUT2D eigenvalue weighted by molar-refractivity contribution is 7.91. The molecular formula is C14H18N2O3S.